The fourth-order valence-corrected chi connectivity index (χ4v) is 3.97. The first-order chi connectivity index (χ1) is 12.3. The summed E-state index contributed by atoms with van der Waals surface area (Å²) in [5.74, 6) is 0. The Bertz CT molecular complexity index is 806. The van der Waals surface area contributed by atoms with Gasteiger partial charge in [-0.05, 0) is 37.5 Å². The smallest absolute Gasteiger partial charge is 0.187 e. The Kier molecular flexibility index (Phi) is 4.76. The van der Waals surface area contributed by atoms with Crippen molar-refractivity contribution >= 4 is 16.5 Å². The topological polar surface area (TPSA) is 41.6 Å². The summed E-state index contributed by atoms with van der Waals surface area (Å²) in [4.78, 5) is 11.1. The second-order valence-corrected chi connectivity index (χ2v) is 6.96. The summed E-state index contributed by atoms with van der Waals surface area (Å²) in [5.41, 5.74) is 3.47. The summed E-state index contributed by atoms with van der Waals surface area (Å²) in [5, 5.41) is 3.14. The van der Waals surface area contributed by atoms with Crippen molar-refractivity contribution in [3.8, 4) is 11.3 Å². The van der Waals surface area contributed by atoms with E-state index in [0.717, 1.165) is 35.8 Å². The van der Waals surface area contributed by atoms with Crippen molar-refractivity contribution in [3.63, 3.8) is 0 Å². The largest absolute Gasteiger partial charge is 0.348 e. The van der Waals surface area contributed by atoms with Gasteiger partial charge in [0.1, 0.15) is 6.10 Å². The molecule has 128 valence electrons. The van der Waals surface area contributed by atoms with E-state index in [1.165, 1.54) is 5.56 Å². The number of hydrogen-bond acceptors (Lipinski definition) is 5. The number of epoxide rings is 1. The summed E-state index contributed by atoms with van der Waals surface area (Å²) < 4.78 is 5.94. The maximum atomic E-state index is 5.94. The number of likely N-dealkylation sites (N-methyl/N-ethyl adjacent to an activating group) is 1. The van der Waals surface area contributed by atoms with Crippen LogP contribution in [-0.4, -0.2) is 28.8 Å². The number of nitrogens with zero attached hydrogens (tertiary/aromatic N) is 3. The monoisotopic (exact) mass is 351 g/mol. The van der Waals surface area contributed by atoms with Gasteiger partial charge < -0.3 is 9.64 Å². The van der Waals surface area contributed by atoms with Gasteiger partial charge in [-0.15, -0.1) is 11.3 Å². The van der Waals surface area contributed by atoms with E-state index in [1.54, 1.807) is 23.7 Å². The van der Waals surface area contributed by atoms with Gasteiger partial charge in [-0.1, -0.05) is 30.3 Å². The molecule has 0 N–H and O–H groups in total. The van der Waals surface area contributed by atoms with Crippen LogP contribution in [0.25, 0.3) is 11.3 Å². The molecule has 1 aliphatic heterocycles. The zero-order valence-electron chi connectivity index (χ0n) is 14.2. The third-order valence-corrected chi connectivity index (χ3v) is 5.36. The lowest BCUT2D eigenvalue weighted by Crippen LogP contribution is -2.27. The lowest BCUT2D eigenvalue weighted by molar-refractivity contribution is 0.358. The molecule has 0 aliphatic carbocycles. The Morgan fingerprint density at radius 3 is 2.68 bits per heavy atom. The SMILES string of the molecule is CCN(c1nc(-c2ccncc2)cs1)C1OC1CCc1ccccc1. The van der Waals surface area contributed by atoms with Gasteiger partial charge in [-0.2, -0.15) is 0 Å². The quantitative estimate of drug-likeness (QED) is 0.592. The van der Waals surface area contributed by atoms with Crippen molar-refractivity contribution in [2.24, 2.45) is 0 Å². The molecule has 1 fully saturated rings. The Morgan fingerprint density at radius 2 is 1.92 bits per heavy atom. The number of aryl methyl sites for hydroxylation is 1. The number of thiazole rings is 1. The first-order valence-electron chi connectivity index (χ1n) is 8.67. The molecule has 3 heterocycles. The van der Waals surface area contributed by atoms with Gasteiger partial charge in [0.15, 0.2) is 11.4 Å². The molecule has 4 nitrogen and oxygen atoms in total. The van der Waals surface area contributed by atoms with Crippen LogP contribution in [0.2, 0.25) is 0 Å². The highest BCUT2D eigenvalue weighted by Gasteiger charge is 2.43. The molecule has 0 amide bonds. The molecule has 4 rings (SSSR count). The second-order valence-electron chi connectivity index (χ2n) is 6.13. The van der Waals surface area contributed by atoms with E-state index >= 15 is 0 Å². The van der Waals surface area contributed by atoms with Gasteiger partial charge in [0.25, 0.3) is 0 Å². The molecule has 2 unspecified atom stereocenters. The Balaban J connectivity index is 1.39. The number of benzene rings is 1. The fourth-order valence-electron chi connectivity index (χ4n) is 3.05. The summed E-state index contributed by atoms with van der Waals surface area (Å²) >= 11 is 1.68. The van der Waals surface area contributed by atoms with E-state index in [1.807, 2.05) is 12.1 Å². The van der Waals surface area contributed by atoms with Crippen LogP contribution in [0.3, 0.4) is 0 Å². The summed E-state index contributed by atoms with van der Waals surface area (Å²) in [7, 11) is 0. The van der Waals surface area contributed by atoms with E-state index in [9.17, 15) is 0 Å². The zero-order valence-corrected chi connectivity index (χ0v) is 15.0. The molecule has 0 saturated carbocycles. The number of hydrogen-bond donors (Lipinski definition) is 0. The molecule has 2 aromatic heterocycles. The van der Waals surface area contributed by atoms with Crippen molar-refractivity contribution in [2.45, 2.75) is 32.1 Å². The van der Waals surface area contributed by atoms with Crippen LogP contribution >= 0.6 is 11.3 Å². The molecule has 1 aliphatic rings. The number of ether oxygens (including phenoxy) is 1. The average Bonchev–Trinajstić information content (AvgIpc) is 3.26. The van der Waals surface area contributed by atoms with Crippen LogP contribution < -0.4 is 4.90 Å². The van der Waals surface area contributed by atoms with Gasteiger partial charge in [0.05, 0.1) is 5.69 Å². The van der Waals surface area contributed by atoms with Gasteiger partial charge in [0.2, 0.25) is 0 Å². The molecule has 1 aromatic carbocycles. The summed E-state index contributed by atoms with van der Waals surface area (Å²) in [6.45, 7) is 3.05. The molecule has 3 aromatic rings. The van der Waals surface area contributed by atoms with Gasteiger partial charge in [-0.25, -0.2) is 4.98 Å². The average molecular weight is 351 g/mol. The lowest BCUT2D eigenvalue weighted by Gasteiger charge is -2.17. The van der Waals surface area contributed by atoms with E-state index < -0.39 is 0 Å². The molecule has 0 radical (unpaired) electrons. The fraction of sp³-hybridized carbons (Fsp3) is 0.300. The molecule has 0 bridgehead atoms. The van der Waals surface area contributed by atoms with Gasteiger partial charge in [-0.3, -0.25) is 4.98 Å². The lowest BCUT2D eigenvalue weighted by atomic mass is 10.1. The molecule has 2 atom stereocenters. The Labute approximate surface area is 152 Å². The van der Waals surface area contributed by atoms with E-state index in [0.29, 0.717) is 6.10 Å². The minimum absolute atomic E-state index is 0.158. The molecular formula is C20H21N3OS. The Morgan fingerprint density at radius 1 is 1.12 bits per heavy atom. The van der Waals surface area contributed by atoms with Crippen LogP contribution in [0, 0.1) is 0 Å². The first kappa shape index (κ1) is 16.2. The predicted molar refractivity (Wildman–Crippen MR) is 102 cm³/mol. The van der Waals surface area contributed by atoms with Crippen molar-refractivity contribution < 1.29 is 4.74 Å². The number of aromatic nitrogens is 2. The van der Waals surface area contributed by atoms with E-state index in [2.05, 4.69) is 52.5 Å². The van der Waals surface area contributed by atoms with Gasteiger partial charge >= 0.3 is 0 Å². The molecule has 0 spiro atoms. The van der Waals surface area contributed by atoms with Gasteiger partial charge in [0, 0.05) is 29.9 Å². The Hall–Kier alpha value is -2.24. The van der Waals surface area contributed by atoms with Crippen LogP contribution in [0.15, 0.2) is 60.2 Å². The normalized spacial score (nSPS) is 18.9. The van der Waals surface area contributed by atoms with Crippen molar-refractivity contribution in [1.29, 1.82) is 0 Å². The number of anilines is 1. The first-order valence-corrected chi connectivity index (χ1v) is 9.55. The highest BCUT2D eigenvalue weighted by molar-refractivity contribution is 7.14. The third kappa shape index (κ3) is 3.72. The zero-order chi connectivity index (χ0) is 17.1. The number of rotatable bonds is 7. The van der Waals surface area contributed by atoms with Crippen molar-refractivity contribution in [3.05, 3.63) is 65.8 Å². The molecular weight excluding hydrogens is 330 g/mol. The third-order valence-electron chi connectivity index (χ3n) is 4.48. The maximum Gasteiger partial charge on any atom is 0.187 e. The highest BCUT2D eigenvalue weighted by Crippen LogP contribution is 2.36. The predicted octanol–water partition coefficient (Wildman–Crippen LogP) is 4.39. The minimum atomic E-state index is 0.158. The van der Waals surface area contributed by atoms with Crippen molar-refractivity contribution in [1.82, 2.24) is 9.97 Å². The summed E-state index contributed by atoms with van der Waals surface area (Å²) in [6.07, 6.45) is 6.16. The van der Waals surface area contributed by atoms with E-state index in [-0.39, 0.29) is 6.23 Å². The van der Waals surface area contributed by atoms with Crippen LogP contribution in [0.1, 0.15) is 18.9 Å². The van der Waals surface area contributed by atoms with Crippen LogP contribution in [0.5, 0.6) is 0 Å². The minimum Gasteiger partial charge on any atom is -0.348 e. The molecule has 25 heavy (non-hydrogen) atoms. The molecule has 1 saturated heterocycles. The highest BCUT2D eigenvalue weighted by atomic mass is 32.1. The number of pyridine rings is 1. The maximum absolute atomic E-state index is 5.94. The van der Waals surface area contributed by atoms with Crippen molar-refractivity contribution in [2.75, 3.05) is 11.4 Å². The molecule has 5 heteroatoms. The summed E-state index contributed by atoms with van der Waals surface area (Å²) in [6, 6.07) is 14.6. The second kappa shape index (κ2) is 7.33. The van der Waals surface area contributed by atoms with Crippen LogP contribution in [-0.2, 0) is 11.2 Å². The standard InChI is InChI=1S/C20H21N3OS/c1-2-23(19-18(24-19)9-8-15-6-4-3-5-7-15)20-22-17(14-25-20)16-10-12-21-13-11-16/h3-7,10-14,18-19H,2,8-9H2,1H3. The van der Waals surface area contributed by atoms with E-state index in [4.69, 9.17) is 9.72 Å². The van der Waals surface area contributed by atoms with Crippen LogP contribution in [0.4, 0.5) is 5.13 Å².